The number of hydrogen-bond acceptors (Lipinski definition) is 3. The Hall–Kier alpha value is -3.34. The van der Waals surface area contributed by atoms with Crippen LogP contribution in [0.2, 0.25) is 0 Å². The van der Waals surface area contributed by atoms with Gasteiger partial charge >= 0.3 is 7.12 Å². The van der Waals surface area contributed by atoms with Crippen LogP contribution in [0, 0.1) is 0 Å². The molecular formula is C24H20BNO2. The van der Waals surface area contributed by atoms with Crippen LogP contribution in [0.15, 0.2) is 109 Å². The van der Waals surface area contributed by atoms with E-state index in [4.69, 9.17) is 0 Å². The molecule has 0 aliphatic carbocycles. The molecule has 0 amide bonds. The molecule has 0 radical (unpaired) electrons. The summed E-state index contributed by atoms with van der Waals surface area (Å²) in [5.74, 6) is 0. The van der Waals surface area contributed by atoms with Crippen molar-refractivity contribution in [2.75, 3.05) is 4.90 Å². The number of para-hydroxylation sites is 2. The van der Waals surface area contributed by atoms with Crippen LogP contribution in [-0.2, 0) is 0 Å². The molecular weight excluding hydrogens is 345 g/mol. The van der Waals surface area contributed by atoms with Crippen LogP contribution in [0.25, 0.3) is 11.1 Å². The molecule has 4 aromatic rings. The van der Waals surface area contributed by atoms with E-state index in [2.05, 4.69) is 29.2 Å². The summed E-state index contributed by atoms with van der Waals surface area (Å²) in [6.45, 7) is 0. The van der Waals surface area contributed by atoms with Crippen LogP contribution in [-0.4, -0.2) is 17.2 Å². The largest absolute Gasteiger partial charge is 0.488 e. The van der Waals surface area contributed by atoms with Gasteiger partial charge in [0.25, 0.3) is 0 Å². The molecule has 2 N–H and O–H groups in total. The number of hydrogen-bond donors (Lipinski definition) is 2. The summed E-state index contributed by atoms with van der Waals surface area (Å²) in [6.07, 6.45) is 0. The third-order valence-corrected chi connectivity index (χ3v) is 4.67. The zero-order valence-corrected chi connectivity index (χ0v) is 15.3. The third kappa shape index (κ3) is 3.69. The molecule has 0 fully saturated rings. The Labute approximate surface area is 165 Å². The molecule has 136 valence electrons. The Kier molecular flexibility index (Phi) is 5.24. The lowest BCUT2D eigenvalue weighted by molar-refractivity contribution is 0.426. The van der Waals surface area contributed by atoms with Crippen LogP contribution in [0.3, 0.4) is 0 Å². The first-order chi connectivity index (χ1) is 13.7. The van der Waals surface area contributed by atoms with Gasteiger partial charge in [0, 0.05) is 16.9 Å². The normalized spacial score (nSPS) is 10.5. The number of nitrogens with zero attached hydrogens (tertiary/aromatic N) is 1. The third-order valence-electron chi connectivity index (χ3n) is 4.67. The van der Waals surface area contributed by atoms with E-state index < -0.39 is 7.12 Å². The highest BCUT2D eigenvalue weighted by atomic mass is 16.4. The van der Waals surface area contributed by atoms with Gasteiger partial charge in [-0.2, -0.15) is 0 Å². The van der Waals surface area contributed by atoms with Gasteiger partial charge in [0.1, 0.15) is 0 Å². The van der Waals surface area contributed by atoms with Gasteiger partial charge in [-0.1, -0.05) is 78.9 Å². The highest BCUT2D eigenvalue weighted by Crippen LogP contribution is 2.40. The van der Waals surface area contributed by atoms with Crippen molar-refractivity contribution in [2.24, 2.45) is 0 Å². The molecule has 0 aliphatic rings. The maximum absolute atomic E-state index is 9.64. The second-order valence-electron chi connectivity index (χ2n) is 6.52. The molecule has 4 aromatic carbocycles. The van der Waals surface area contributed by atoms with Crippen molar-refractivity contribution in [3.05, 3.63) is 109 Å². The SMILES string of the molecule is OB(O)c1cccc(N(c2ccccc2)c2ccccc2-c2ccccc2)c1. The van der Waals surface area contributed by atoms with E-state index in [-0.39, 0.29) is 0 Å². The second kappa shape index (κ2) is 8.13. The van der Waals surface area contributed by atoms with Crippen molar-refractivity contribution < 1.29 is 10.0 Å². The minimum absolute atomic E-state index is 0.454. The summed E-state index contributed by atoms with van der Waals surface area (Å²) in [5.41, 5.74) is 5.55. The lowest BCUT2D eigenvalue weighted by Crippen LogP contribution is -2.30. The maximum atomic E-state index is 9.64. The van der Waals surface area contributed by atoms with E-state index in [1.807, 2.05) is 72.8 Å². The fourth-order valence-electron chi connectivity index (χ4n) is 3.36. The van der Waals surface area contributed by atoms with Gasteiger partial charge in [-0.3, -0.25) is 0 Å². The average Bonchev–Trinajstić information content (AvgIpc) is 2.76. The lowest BCUT2D eigenvalue weighted by Gasteiger charge is -2.28. The standard InChI is InChI=1S/C24H20BNO2/c27-25(28)20-12-9-15-22(18-20)26(21-13-5-2-6-14-21)24-17-8-7-16-23(24)19-10-3-1-4-11-19/h1-18,27-28H. The van der Waals surface area contributed by atoms with E-state index in [9.17, 15) is 10.0 Å². The molecule has 0 atom stereocenters. The molecule has 0 aliphatic heterocycles. The minimum Gasteiger partial charge on any atom is -0.423 e. The van der Waals surface area contributed by atoms with Crippen LogP contribution >= 0.6 is 0 Å². The lowest BCUT2D eigenvalue weighted by atomic mass is 9.80. The summed E-state index contributed by atoms with van der Waals surface area (Å²) < 4.78 is 0. The summed E-state index contributed by atoms with van der Waals surface area (Å²) in [6, 6.07) is 35.9. The topological polar surface area (TPSA) is 43.7 Å². The molecule has 0 bridgehead atoms. The molecule has 3 nitrogen and oxygen atoms in total. The minimum atomic E-state index is -1.51. The summed E-state index contributed by atoms with van der Waals surface area (Å²) >= 11 is 0. The van der Waals surface area contributed by atoms with Crippen molar-refractivity contribution in [3.8, 4) is 11.1 Å². The van der Waals surface area contributed by atoms with Crippen molar-refractivity contribution in [1.29, 1.82) is 0 Å². The Bertz CT molecular complexity index is 1050. The van der Waals surface area contributed by atoms with Crippen LogP contribution in [0.1, 0.15) is 0 Å². The Balaban J connectivity index is 1.93. The zero-order valence-electron chi connectivity index (χ0n) is 15.3. The quantitative estimate of drug-likeness (QED) is 0.512. The predicted molar refractivity (Wildman–Crippen MR) is 116 cm³/mol. The van der Waals surface area contributed by atoms with Crippen LogP contribution < -0.4 is 10.4 Å². The van der Waals surface area contributed by atoms with E-state index in [1.165, 1.54) is 0 Å². The predicted octanol–water partition coefficient (Wildman–Crippen LogP) is 4.50. The van der Waals surface area contributed by atoms with Crippen molar-refractivity contribution in [2.45, 2.75) is 0 Å². The monoisotopic (exact) mass is 365 g/mol. The van der Waals surface area contributed by atoms with Crippen molar-refractivity contribution in [1.82, 2.24) is 0 Å². The Morgan fingerprint density at radius 1 is 0.571 bits per heavy atom. The molecule has 28 heavy (non-hydrogen) atoms. The Morgan fingerprint density at radius 2 is 1.18 bits per heavy atom. The van der Waals surface area contributed by atoms with Crippen molar-refractivity contribution in [3.63, 3.8) is 0 Å². The average molecular weight is 365 g/mol. The highest BCUT2D eigenvalue weighted by Gasteiger charge is 2.18. The fraction of sp³-hybridized carbons (Fsp3) is 0. The smallest absolute Gasteiger partial charge is 0.423 e. The van der Waals surface area contributed by atoms with E-state index in [0.717, 1.165) is 28.2 Å². The molecule has 0 saturated heterocycles. The molecule has 0 saturated carbocycles. The fourth-order valence-corrected chi connectivity index (χ4v) is 3.36. The van der Waals surface area contributed by atoms with Gasteiger partial charge in [-0.25, -0.2) is 0 Å². The molecule has 0 spiro atoms. The molecule has 4 heteroatoms. The first-order valence-electron chi connectivity index (χ1n) is 9.20. The number of benzene rings is 4. The van der Waals surface area contributed by atoms with Gasteiger partial charge in [-0.05, 0) is 41.4 Å². The number of anilines is 3. The maximum Gasteiger partial charge on any atom is 0.488 e. The first kappa shape index (κ1) is 18.0. The summed E-state index contributed by atoms with van der Waals surface area (Å²) in [5, 5.41) is 19.3. The molecule has 4 rings (SSSR count). The molecule has 0 heterocycles. The molecule has 0 unspecified atom stereocenters. The Morgan fingerprint density at radius 3 is 1.89 bits per heavy atom. The van der Waals surface area contributed by atoms with E-state index in [0.29, 0.717) is 5.46 Å². The van der Waals surface area contributed by atoms with E-state index >= 15 is 0 Å². The van der Waals surface area contributed by atoms with Gasteiger partial charge in [0.15, 0.2) is 0 Å². The van der Waals surface area contributed by atoms with E-state index in [1.54, 1.807) is 12.1 Å². The van der Waals surface area contributed by atoms with Crippen LogP contribution in [0.5, 0.6) is 0 Å². The summed E-state index contributed by atoms with van der Waals surface area (Å²) in [7, 11) is -1.51. The second-order valence-corrected chi connectivity index (χ2v) is 6.52. The van der Waals surface area contributed by atoms with Gasteiger partial charge in [0.05, 0.1) is 5.69 Å². The number of rotatable bonds is 5. The van der Waals surface area contributed by atoms with Crippen molar-refractivity contribution >= 4 is 29.6 Å². The molecule has 0 aromatic heterocycles. The summed E-state index contributed by atoms with van der Waals surface area (Å²) in [4.78, 5) is 2.13. The van der Waals surface area contributed by atoms with Gasteiger partial charge in [0.2, 0.25) is 0 Å². The van der Waals surface area contributed by atoms with Crippen LogP contribution in [0.4, 0.5) is 17.1 Å². The highest BCUT2D eigenvalue weighted by molar-refractivity contribution is 6.58. The van der Waals surface area contributed by atoms with Gasteiger partial charge < -0.3 is 14.9 Å². The zero-order chi connectivity index (χ0) is 19.3. The first-order valence-corrected chi connectivity index (χ1v) is 9.20. The van der Waals surface area contributed by atoms with Gasteiger partial charge in [-0.15, -0.1) is 0 Å².